The number of hydrogen-bond donors (Lipinski definition) is 1. The number of nitrogens with zero attached hydrogens (tertiary/aromatic N) is 2. The van der Waals surface area contributed by atoms with E-state index in [1.54, 1.807) is 0 Å². The summed E-state index contributed by atoms with van der Waals surface area (Å²) in [5, 5.41) is 3.51. The predicted molar refractivity (Wildman–Crippen MR) is 73.0 cm³/mol. The van der Waals surface area contributed by atoms with Crippen molar-refractivity contribution in [3.05, 3.63) is 23.8 Å². The maximum atomic E-state index is 3.51. The Balaban J connectivity index is 1.79. The number of fused-ring (bicyclic) bond motifs is 1. The Kier molecular flexibility index (Phi) is 2.93. The Labute approximate surface area is 103 Å². The van der Waals surface area contributed by atoms with Crippen LogP contribution in [0.1, 0.15) is 12.0 Å². The maximum absolute atomic E-state index is 3.51. The molecule has 0 atom stereocenters. The number of aryl methyl sites for hydroxylation is 1. The molecule has 0 aromatic heterocycles. The van der Waals surface area contributed by atoms with Gasteiger partial charge in [0.1, 0.15) is 0 Å². The van der Waals surface area contributed by atoms with Gasteiger partial charge in [0.05, 0.1) is 0 Å². The van der Waals surface area contributed by atoms with Gasteiger partial charge in [0.2, 0.25) is 0 Å². The van der Waals surface area contributed by atoms with Crippen LogP contribution in [0, 0.1) is 0 Å². The van der Waals surface area contributed by atoms with Crippen LogP contribution >= 0.6 is 0 Å². The quantitative estimate of drug-likeness (QED) is 0.795. The zero-order valence-electron chi connectivity index (χ0n) is 10.6. The number of benzene rings is 1. The molecule has 2 heterocycles. The van der Waals surface area contributed by atoms with Gasteiger partial charge in [-0.1, -0.05) is 6.07 Å². The van der Waals surface area contributed by atoms with Crippen LogP contribution in [0.4, 0.5) is 11.4 Å². The number of rotatable bonds is 1. The SMILES string of the molecule is CN1CCN(c2ccc3c(c2)NCCC3)CC1. The Hall–Kier alpha value is -1.22. The Bertz CT molecular complexity index is 394. The Morgan fingerprint density at radius 2 is 1.94 bits per heavy atom. The first-order valence-electron chi connectivity index (χ1n) is 6.63. The number of anilines is 2. The van der Waals surface area contributed by atoms with E-state index in [9.17, 15) is 0 Å². The van der Waals surface area contributed by atoms with Gasteiger partial charge in [-0.25, -0.2) is 0 Å². The number of hydrogen-bond acceptors (Lipinski definition) is 3. The van der Waals surface area contributed by atoms with E-state index >= 15 is 0 Å². The lowest BCUT2D eigenvalue weighted by Crippen LogP contribution is -2.44. The Morgan fingerprint density at radius 3 is 2.76 bits per heavy atom. The van der Waals surface area contributed by atoms with E-state index in [1.165, 1.54) is 42.9 Å². The molecule has 0 aliphatic carbocycles. The van der Waals surface area contributed by atoms with Crippen molar-refractivity contribution < 1.29 is 0 Å². The van der Waals surface area contributed by atoms with Crippen LogP contribution in [0.15, 0.2) is 18.2 Å². The van der Waals surface area contributed by atoms with Gasteiger partial charge in [0, 0.05) is 44.1 Å². The van der Waals surface area contributed by atoms with Crippen LogP contribution in [0.2, 0.25) is 0 Å². The molecule has 3 nitrogen and oxygen atoms in total. The molecule has 0 amide bonds. The molecular formula is C14H21N3. The molecule has 17 heavy (non-hydrogen) atoms. The lowest BCUT2D eigenvalue weighted by molar-refractivity contribution is 0.313. The van der Waals surface area contributed by atoms with E-state index in [0.29, 0.717) is 0 Å². The third kappa shape index (κ3) is 2.25. The highest BCUT2D eigenvalue weighted by Gasteiger charge is 2.16. The minimum Gasteiger partial charge on any atom is -0.385 e. The molecule has 3 rings (SSSR count). The fourth-order valence-corrected chi connectivity index (χ4v) is 2.71. The van der Waals surface area contributed by atoms with E-state index in [2.05, 4.69) is 40.4 Å². The monoisotopic (exact) mass is 231 g/mol. The summed E-state index contributed by atoms with van der Waals surface area (Å²) in [6, 6.07) is 6.92. The van der Waals surface area contributed by atoms with Crippen molar-refractivity contribution in [2.75, 3.05) is 50.0 Å². The summed E-state index contributed by atoms with van der Waals surface area (Å²) in [4.78, 5) is 4.89. The van der Waals surface area contributed by atoms with E-state index in [-0.39, 0.29) is 0 Å². The van der Waals surface area contributed by atoms with Crippen LogP contribution in [0.5, 0.6) is 0 Å². The average Bonchev–Trinajstić information content (AvgIpc) is 2.39. The van der Waals surface area contributed by atoms with Crippen molar-refractivity contribution in [3.63, 3.8) is 0 Å². The van der Waals surface area contributed by atoms with Gasteiger partial charge in [-0.05, 0) is 37.6 Å². The summed E-state index contributed by atoms with van der Waals surface area (Å²) in [5.41, 5.74) is 4.22. The second kappa shape index (κ2) is 4.57. The van der Waals surface area contributed by atoms with E-state index in [4.69, 9.17) is 0 Å². The van der Waals surface area contributed by atoms with Gasteiger partial charge in [0.15, 0.2) is 0 Å². The first-order valence-corrected chi connectivity index (χ1v) is 6.63. The first kappa shape index (κ1) is 10.9. The number of nitrogens with one attached hydrogen (secondary N) is 1. The first-order chi connectivity index (χ1) is 8.33. The number of piperazine rings is 1. The van der Waals surface area contributed by atoms with Gasteiger partial charge in [0.25, 0.3) is 0 Å². The van der Waals surface area contributed by atoms with Gasteiger partial charge in [-0.2, -0.15) is 0 Å². The van der Waals surface area contributed by atoms with Crippen LogP contribution < -0.4 is 10.2 Å². The van der Waals surface area contributed by atoms with Gasteiger partial charge < -0.3 is 15.1 Å². The highest BCUT2D eigenvalue weighted by Crippen LogP contribution is 2.27. The van der Waals surface area contributed by atoms with Crippen LogP contribution in [0.25, 0.3) is 0 Å². The largest absolute Gasteiger partial charge is 0.385 e. The van der Waals surface area contributed by atoms with Crippen molar-refractivity contribution in [2.45, 2.75) is 12.8 Å². The molecule has 0 saturated carbocycles. The summed E-state index contributed by atoms with van der Waals surface area (Å²) in [7, 11) is 2.20. The van der Waals surface area contributed by atoms with Crippen LogP contribution in [-0.2, 0) is 6.42 Å². The smallest absolute Gasteiger partial charge is 0.0393 e. The predicted octanol–water partition coefficient (Wildman–Crippen LogP) is 1.80. The fourth-order valence-electron chi connectivity index (χ4n) is 2.71. The van der Waals surface area contributed by atoms with Crippen molar-refractivity contribution >= 4 is 11.4 Å². The summed E-state index contributed by atoms with van der Waals surface area (Å²) in [5.74, 6) is 0. The molecule has 1 saturated heterocycles. The van der Waals surface area contributed by atoms with Crippen molar-refractivity contribution in [1.82, 2.24) is 4.90 Å². The molecule has 92 valence electrons. The summed E-state index contributed by atoms with van der Waals surface area (Å²) >= 11 is 0. The number of likely N-dealkylation sites (N-methyl/N-ethyl adjacent to an activating group) is 1. The average molecular weight is 231 g/mol. The molecule has 1 fully saturated rings. The molecule has 0 unspecified atom stereocenters. The second-order valence-corrected chi connectivity index (χ2v) is 5.16. The highest BCUT2D eigenvalue weighted by molar-refractivity contribution is 5.63. The molecule has 1 aromatic rings. The topological polar surface area (TPSA) is 18.5 Å². The normalized spacial score (nSPS) is 20.9. The molecule has 2 aliphatic rings. The highest BCUT2D eigenvalue weighted by atomic mass is 15.2. The van der Waals surface area contributed by atoms with Gasteiger partial charge >= 0.3 is 0 Å². The molecule has 1 aromatic carbocycles. The van der Waals surface area contributed by atoms with E-state index < -0.39 is 0 Å². The third-order valence-corrected chi connectivity index (χ3v) is 3.90. The zero-order chi connectivity index (χ0) is 11.7. The van der Waals surface area contributed by atoms with Crippen molar-refractivity contribution in [1.29, 1.82) is 0 Å². The molecule has 0 radical (unpaired) electrons. The minimum atomic E-state index is 1.12. The maximum Gasteiger partial charge on any atom is 0.0393 e. The van der Waals surface area contributed by atoms with E-state index in [0.717, 1.165) is 19.6 Å². The summed E-state index contributed by atoms with van der Waals surface area (Å²) in [6.07, 6.45) is 2.49. The van der Waals surface area contributed by atoms with E-state index in [1.807, 2.05) is 0 Å². The summed E-state index contributed by atoms with van der Waals surface area (Å²) < 4.78 is 0. The second-order valence-electron chi connectivity index (χ2n) is 5.16. The zero-order valence-corrected chi connectivity index (χ0v) is 10.6. The fraction of sp³-hybridized carbons (Fsp3) is 0.571. The lowest BCUT2D eigenvalue weighted by atomic mass is 10.0. The standard InChI is InChI=1S/C14H21N3/c1-16-7-9-17(10-8-16)13-5-4-12-3-2-6-15-14(12)11-13/h4-5,11,15H,2-3,6-10H2,1H3. The van der Waals surface area contributed by atoms with Gasteiger partial charge in [-0.15, -0.1) is 0 Å². The molecular weight excluding hydrogens is 210 g/mol. The van der Waals surface area contributed by atoms with Crippen molar-refractivity contribution in [2.24, 2.45) is 0 Å². The molecule has 2 aliphatic heterocycles. The third-order valence-electron chi connectivity index (χ3n) is 3.90. The molecule has 0 spiro atoms. The van der Waals surface area contributed by atoms with Crippen molar-refractivity contribution in [3.8, 4) is 0 Å². The summed E-state index contributed by atoms with van der Waals surface area (Å²) in [6.45, 7) is 5.76. The van der Waals surface area contributed by atoms with Crippen LogP contribution in [-0.4, -0.2) is 44.7 Å². The van der Waals surface area contributed by atoms with Gasteiger partial charge in [-0.3, -0.25) is 0 Å². The lowest BCUT2D eigenvalue weighted by Gasteiger charge is -2.34. The Morgan fingerprint density at radius 1 is 1.12 bits per heavy atom. The molecule has 0 bridgehead atoms. The molecule has 3 heteroatoms. The minimum absolute atomic E-state index is 1.12. The van der Waals surface area contributed by atoms with Crippen LogP contribution in [0.3, 0.4) is 0 Å². The molecule has 1 N–H and O–H groups in total.